The van der Waals surface area contributed by atoms with Crippen LogP contribution >= 0.6 is 11.6 Å². The summed E-state index contributed by atoms with van der Waals surface area (Å²) >= 11 is 5.64. The second-order valence-electron chi connectivity index (χ2n) is 4.86. The van der Waals surface area contributed by atoms with E-state index in [-0.39, 0.29) is 16.3 Å². The number of hydrogen-bond acceptors (Lipinski definition) is 5. The maximum absolute atomic E-state index is 12.1. The Morgan fingerprint density at radius 3 is 2.35 bits per heavy atom. The molecule has 0 fully saturated rings. The van der Waals surface area contributed by atoms with Gasteiger partial charge in [0.1, 0.15) is 17.1 Å². The lowest BCUT2D eigenvalue weighted by Gasteiger charge is -2.10. The molecule has 2 rings (SSSR count). The maximum atomic E-state index is 12.1. The zero-order valence-electron chi connectivity index (χ0n) is 12.8. The summed E-state index contributed by atoms with van der Waals surface area (Å²) in [4.78, 5) is 23.5. The first kappa shape index (κ1) is 19.4. The summed E-state index contributed by atoms with van der Waals surface area (Å²) in [6, 6.07) is 8.14. The van der Waals surface area contributed by atoms with Gasteiger partial charge in [0.05, 0.1) is 0 Å². The van der Waals surface area contributed by atoms with E-state index in [4.69, 9.17) is 16.3 Å². The third kappa shape index (κ3) is 5.85. The second kappa shape index (κ2) is 7.96. The van der Waals surface area contributed by atoms with Gasteiger partial charge in [0.2, 0.25) is 0 Å². The summed E-state index contributed by atoms with van der Waals surface area (Å²) in [6.45, 7) is -0.665. The predicted molar refractivity (Wildman–Crippen MR) is 85.2 cm³/mol. The number of aromatic hydroxyl groups is 1. The molecule has 6 nitrogen and oxygen atoms in total. The van der Waals surface area contributed by atoms with Crippen molar-refractivity contribution in [1.29, 1.82) is 0 Å². The Kier molecular flexibility index (Phi) is 5.93. The van der Waals surface area contributed by atoms with Gasteiger partial charge in [-0.1, -0.05) is 11.6 Å². The Morgan fingerprint density at radius 2 is 1.77 bits per heavy atom. The van der Waals surface area contributed by atoms with Crippen molar-refractivity contribution in [2.24, 2.45) is 0 Å². The predicted octanol–water partition coefficient (Wildman–Crippen LogP) is 3.74. The molecule has 0 spiro atoms. The first-order chi connectivity index (χ1) is 12.1. The molecule has 2 N–H and O–H groups in total. The van der Waals surface area contributed by atoms with Crippen LogP contribution in [0.4, 0.5) is 18.9 Å². The highest BCUT2D eigenvalue weighted by Gasteiger charge is 2.30. The van der Waals surface area contributed by atoms with Crippen LogP contribution in [0.25, 0.3) is 0 Å². The number of alkyl halides is 3. The molecule has 0 atom stereocenters. The van der Waals surface area contributed by atoms with E-state index in [0.717, 1.165) is 18.2 Å². The minimum atomic E-state index is -4.81. The normalized spacial score (nSPS) is 10.9. The summed E-state index contributed by atoms with van der Waals surface area (Å²) < 4.78 is 44.6. The summed E-state index contributed by atoms with van der Waals surface area (Å²) in [7, 11) is 0. The number of nitrogens with one attached hydrogen (secondary N) is 1. The minimum absolute atomic E-state index is 0.171. The number of carbonyl (C=O) groups is 2. The van der Waals surface area contributed by atoms with Crippen molar-refractivity contribution < 1.29 is 37.3 Å². The Hall–Kier alpha value is -2.94. The van der Waals surface area contributed by atoms with Crippen LogP contribution in [-0.4, -0.2) is 30.0 Å². The fourth-order valence-electron chi connectivity index (χ4n) is 1.82. The molecule has 138 valence electrons. The van der Waals surface area contributed by atoms with Gasteiger partial charge in [-0.05, 0) is 42.5 Å². The summed E-state index contributed by atoms with van der Waals surface area (Å²) in [5.74, 6) is -2.51. The third-order valence-electron chi connectivity index (χ3n) is 2.89. The molecule has 0 bridgehead atoms. The smallest absolute Gasteiger partial charge is 0.507 e. The van der Waals surface area contributed by atoms with Gasteiger partial charge < -0.3 is 19.9 Å². The molecule has 26 heavy (non-hydrogen) atoms. The van der Waals surface area contributed by atoms with Crippen LogP contribution in [0.2, 0.25) is 5.02 Å². The lowest BCUT2D eigenvalue weighted by molar-refractivity contribution is -0.274. The first-order valence-corrected chi connectivity index (χ1v) is 7.33. The number of phenolic OH excluding ortho intramolecular Hbond substituents is 1. The molecule has 0 heterocycles. The van der Waals surface area contributed by atoms with Gasteiger partial charge in [0.25, 0.3) is 5.91 Å². The van der Waals surface area contributed by atoms with Crippen molar-refractivity contribution >= 4 is 29.2 Å². The van der Waals surface area contributed by atoms with Crippen molar-refractivity contribution in [2.75, 3.05) is 11.9 Å². The standard InChI is InChI=1S/C16H11ClF3NO5/c17-9-1-6-12(13(22)7-9)15(24)25-8-14(23)21-10-2-4-11(5-3-10)26-16(18,19)20/h1-7,22H,8H2,(H,21,23). The van der Waals surface area contributed by atoms with Gasteiger partial charge in [0.15, 0.2) is 6.61 Å². The number of benzene rings is 2. The minimum Gasteiger partial charge on any atom is -0.507 e. The Balaban J connectivity index is 1.87. The van der Waals surface area contributed by atoms with Crippen molar-refractivity contribution in [1.82, 2.24) is 0 Å². The van der Waals surface area contributed by atoms with E-state index in [1.807, 2.05) is 0 Å². The fourth-order valence-corrected chi connectivity index (χ4v) is 1.99. The van der Waals surface area contributed by atoms with E-state index >= 15 is 0 Å². The fraction of sp³-hybridized carbons (Fsp3) is 0.125. The molecule has 0 aliphatic carbocycles. The molecule has 2 aromatic carbocycles. The van der Waals surface area contributed by atoms with E-state index in [9.17, 15) is 27.9 Å². The van der Waals surface area contributed by atoms with Gasteiger partial charge in [-0.2, -0.15) is 0 Å². The van der Waals surface area contributed by atoms with Crippen LogP contribution in [0.5, 0.6) is 11.5 Å². The van der Waals surface area contributed by atoms with Gasteiger partial charge in [-0.25, -0.2) is 4.79 Å². The van der Waals surface area contributed by atoms with E-state index in [0.29, 0.717) is 0 Å². The number of hydrogen-bond donors (Lipinski definition) is 2. The summed E-state index contributed by atoms with van der Waals surface area (Å²) in [5.41, 5.74) is 0.00534. The molecular formula is C16H11ClF3NO5. The van der Waals surface area contributed by atoms with E-state index in [1.165, 1.54) is 24.3 Å². The highest BCUT2D eigenvalue weighted by molar-refractivity contribution is 6.30. The molecule has 0 saturated heterocycles. The zero-order valence-corrected chi connectivity index (χ0v) is 13.6. The van der Waals surface area contributed by atoms with Crippen molar-refractivity contribution in [3.8, 4) is 11.5 Å². The quantitative estimate of drug-likeness (QED) is 0.761. The largest absolute Gasteiger partial charge is 0.573 e. The van der Waals surface area contributed by atoms with E-state index in [1.54, 1.807) is 0 Å². The van der Waals surface area contributed by atoms with Gasteiger partial charge in [-0.3, -0.25) is 4.79 Å². The number of halogens is 4. The summed E-state index contributed by atoms with van der Waals surface area (Å²) in [5, 5.41) is 12.1. The van der Waals surface area contributed by atoms with E-state index in [2.05, 4.69) is 10.1 Å². The SMILES string of the molecule is O=C(COC(=O)c1ccc(Cl)cc1O)Nc1ccc(OC(F)(F)F)cc1. The van der Waals surface area contributed by atoms with Crippen LogP contribution in [0.1, 0.15) is 10.4 Å². The number of carbonyl (C=O) groups excluding carboxylic acids is 2. The van der Waals surface area contributed by atoms with Crippen LogP contribution in [0.15, 0.2) is 42.5 Å². The van der Waals surface area contributed by atoms with Crippen LogP contribution < -0.4 is 10.1 Å². The molecule has 0 radical (unpaired) electrons. The number of rotatable bonds is 5. The lowest BCUT2D eigenvalue weighted by Crippen LogP contribution is -2.21. The van der Waals surface area contributed by atoms with E-state index < -0.39 is 36.3 Å². The monoisotopic (exact) mass is 389 g/mol. The maximum Gasteiger partial charge on any atom is 0.573 e. The molecule has 0 aliphatic heterocycles. The van der Waals surface area contributed by atoms with Gasteiger partial charge in [-0.15, -0.1) is 13.2 Å². The van der Waals surface area contributed by atoms with Crippen molar-refractivity contribution in [2.45, 2.75) is 6.36 Å². The molecule has 2 aromatic rings. The molecule has 10 heteroatoms. The van der Waals surface area contributed by atoms with Gasteiger partial charge >= 0.3 is 12.3 Å². The highest BCUT2D eigenvalue weighted by Crippen LogP contribution is 2.24. The number of ether oxygens (including phenoxy) is 2. The Morgan fingerprint density at radius 1 is 1.12 bits per heavy atom. The first-order valence-electron chi connectivity index (χ1n) is 6.95. The topological polar surface area (TPSA) is 84.9 Å². The number of anilines is 1. The average molecular weight is 390 g/mol. The molecule has 1 amide bonds. The zero-order chi connectivity index (χ0) is 19.3. The average Bonchev–Trinajstić information content (AvgIpc) is 2.53. The van der Waals surface area contributed by atoms with Crippen LogP contribution in [0.3, 0.4) is 0 Å². The number of amides is 1. The van der Waals surface area contributed by atoms with Crippen LogP contribution in [0, 0.1) is 0 Å². The number of esters is 1. The molecular weight excluding hydrogens is 379 g/mol. The Bertz CT molecular complexity index is 809. The van der Waals surface area contributed by atoms with Crippen molar-refractivity contribution in [3.63, 3.8) is 0 Å². The Labute approximate surface area is 150 Å². The lowest BCUT2D eigenvalue weighted by atomic mass is 10.2. The molecule has 0 aliphatic rings. The van der Waals surface area contributed by atoms with Crippen LogP contribution in [-0.2, 0) is 9.53 Å². The highest BCUT2D eigenvalue weighted by atomic mass is 35.5. The number of phenols is 1. The summed E-state index contributed by atoms with van der Waals surface area (Å²) in [6.07, 6.45) is -4.81. The van der Waals surface area contributed by atoms with Gasteiger partial charge in [0, 0.05) is 10.7 Å². The molecule has 0 aromatic heterocycles. The molecule has 0 unspecified atom stereocenters. The van der Waals surface area contributed by atoms with Crippen molar-refractivity contribution in [3.05, 3.63) is 53.1 Å². The molecule has 0 saturated carbocycles. The second-order valence-corrected chi connectivity index (χ2v) is 5.29. The third-order valence-corrected chi connectivity index (χ3v) is 3.12.